The molecule has 0 aromatic rings. The van der Waals surface area contributed by atoms with Crippen LogP contribution in [0.3, 0.4) is 0 Å². The second-order valence-corrected chi connectivity index (χ2v) is 22.6. The number of carbonyl (C=O) groups is 5. The first-order valence-electron chi connectivity index (χ1n) is 21.4. The van der Waals surface area contributed by atoms with Crippen LogP contribution in [0.1, 0.15) is 165 Å². The topological polar surface area (TPSA) is 160 Å². The average Bonchev–Trinajstić information content (AvgIpc) is 3.08. The van der Waals surface area contributed by atoms with Crippen LogP contribution in [0.25, 0.3) is 0 Å². The average molecular weight is 900 g/mol. The van der Waals surface area contributed by atoms with Crippen molar-refractivity contribution in [2.45, 2.75) is 177 Å². The Morgan fingerprint density at radius 3 is 1.23 bits per heavy atom. The SMILES string of the molecule is C[C@@H](C(=O)/C=C/C(C)(C)C)C(O)C(CC=O)C(C)(C)C.C[C@H](/C=C(\CC=O)C(C)(C)C)C(=O)/C=C/C(C)(C)C.C[C@H](/C=C(\CC=O)C(C)(C)C)[C@@H](O)/C=C/C(C)(C)C.[O]=[Mn]=[O]. The molecule has 0 saturated heterocycles. The summed E-state index contributed by atoms with van der Waals surface area (Å²) >= 11 is -1.44. The molecule has 0 heterocycles. The van der Waals surface area contributed by atoms with E-state index in [1.807, 2.05) is 91.8 Å². The van der Waals surface area contributed by atoms with Crippen molar-refractivity contribution in [1.82, 2.24) is 0 Å². The zero-order valence-corrected chi connectivity index (χ0v) is 43.2. The normalized spacial score (nSPS) is 16.4. The van der Waals surface area contributed by atoms with Crippen LogP contribution in [0.15, 0.2) is 59.8 Å². The number of aliphatic hydroxyl groups is 2. The summed E-state index contributed by atoms with van der Waals surface area (Å²) in [5, 5.41) is 20.6. The van der Waals surface area contributed by atoms with Gasteiger partial charge in [-0.05, 0) is 50.6 Å². The van der Waals surface area contributed by atoms with Gasteiger partial charge < -0.3 is 24.6 Å². The third-order valence-electron chi connectivity index (χ3n) is 9.56. The first-order chi connectivity index (χ1) is 27.3. The minimum atomic E-state index is -1.44. The van der Waals surface area contributed by atoms with E-state index >= 15 is 0 Å². The van der Waals surface area contributed by atoms with Crippen LogP contribution in [0.5, 0.6) is 0 Å². The molecule has 0 aliphatic heterocycles. The zero-order valence-electron chi connectivity index (χ0n) is 42.1. The molecule has 0 aliphatic rings. The van der Waals surface area contributed by atoms with Gasteiger partial charge in [0, 0.05) is 37.0 Å². The van der Waals surface area contributed by atoms with Crippen molar-refractivity contribution in [3.63, 3.8) is 0 Å². The van der Waals surface area contributed by atoms with Gasteiger partial charge >= 0.3 is 22.5 Å². The third kappa shape index (κ3) is 35.3. The number of rotatable bonds is 16. The second-order valence-electron chi connectivity index (χ2n) is 22.4. The molecule has 0 saturated carbocycles. The van der Waals surface area contributed by atoms with E-state index in [9.17, 15) is 34.2 Å². The molecule has 0 radical (unpaired) electrons. The van der Waals surface area contributed by atoms with Crippen LogP contribution < -0.4 is 0 Å². The number of aliphatic hydroxyl groups excluding tert-OH is 2. The van der Waals surface area contributed by atoms with Crippen molar-refractivity contribution < 1.29 is 56.7 Å². The second kappa shape index (κ2) is 29.5. The Morgan fingerprint density at radius 1 is 0.557 bits per heavy atom. The fraction of sp³-hybridized carbons (Fsp3) is 0.706. The Labute approximate surface area is 378 Å². The number of allylic oxidation sites excluding steroid dienone is 8. The Kier molecular flexibility index (Phi) is 31.2. The summed E-state index contributed by atoms with van der Waals surface area (Å²) in [5.74, 6) is -0.907. The van der Waals surface area contributed by atoms with Gasteiger partial charge in [-0.25, -0.2) is 0 Å². The summed E-state index contributed by atoms with van der Waals surface area (Å²) in [7, 11) is 0. The van der Waals surface area contributed by atoms with Crippen molar-refractivity contribution in [2.75, 3.05) is 0 Å². The first kappa shape index (κ1) is 64.7. The predicted molar refractivity (Wildman–Crippen MR) is 247 cm³/mol. The molecule has 0 spiro atoms. The molecule has 10 heteroatoms. The van der Waals surface area contributed by atoms with Gasteiger partial charge in [0.25, 0.3) is 0 Å². The molecule has 9 nitrogen and oxygen atoms in total. The first-order valence-corrected chi connectivity index (χ1v) is 22.4. The van der Waals surface area contributed by atoms with Gasteiger partial charge in [-0.15, -0.1) is 0 Å². The van der Waals surface area contributed by atoms with Crippen LogP contribution in [0.2, 0.25) is 0 Å². The van der Waals surface area contributed by atoms with E-state index in [4.69, 9.17) is 7.67 Å². The van der Waals surface area contributed by atoms with Crippen LogP contribution >= 0.6 is 0 Å². The summed E-state index contributed by atoms with van der Waals surface area (Å²) in [6.07, 6.45) is 17.3. The maximum atomic E-state index is 12.1. The summed E-state index contributed by atoms with van der Waals surface area (Å²) < 4.78 is 16.8. The molecule has 61 heavy (non-hydrogen) atoms. The molecule has 0 amide bonds. The molecule has 0 aliphatic carbocycles. The fourth-order valence-electron chi connectivity index (χ4n) is 5.38. The summed E-state index contributed by atoms with van der Waals surface area (Å²) in [6, 6.07) is 0. The molecule has 0 bridgehead atoms. The van der Waals surface area contributed by atoms with Gasteiger partial charge in [0.2, 0.25) is 0 Å². The minimum absolute atomic E-state index is 0.00720. The monoisotopic (exact) mass is 900 g/mol. The van der Waals surface area contributed by atoms with Gasteiger partial charge in [-0.1, -0.05) is 193 Å². The molecule has 0 aromatic carbocycles. The Morgan fingerprint density at radius 2 is 0.918 bits per heavy atom. The molecular weight excluding hydrogens is 811 g/mol. The maximum absolute atomic E-state index is 12.1. The number of ketones is 2. The molecule has 2 N–H and O–H groups in total. The van der Waals surface area contributed by atoms with E-state index in [0.29, 0.717) is 12.8 Å². The molecule has 0 rings (SSSR count). The van der Waals surface area contributed by atoms with Gasteiger partial charge in [0.05, 0.1) is 12.2 Å². The summed E-state index contributed by atoms with van der Waals surface area (Å²) in [6.45, 7) is 42.5. The van der Waals surface area contributed by atoms with Crippen LogP contribution in [-0.4, -0.2) is 52.8 Å². The van der Waals surface area contributed by atoms with Crippen molar-refractivity contribution in [3.8, 4) is 0 Å². The van der Waals surface area contributed by atoms with Crippen molar-refractivity contribution in [1.29, 1.82) is 0 Å². The number of carbonyl (C=O) groups excluding carboxylic acids is 5. The zero-order chi connectivity index (χ0) is 49.4. The standard InChI is InChI=1S/C17H30O3.C17H30O2.C17H28O2.Mn.2O/c1-12(14(19)8-10-16(2,3)4)15(20)13(9-11-18)17(5,6)7;2*1-13(15(19)8-10-16(2,3)4)12-14(9-11-18)17(5,6)7;;;/h8,10-13,15,20H,9H2,1-7H3;8,10-13,15,19H,9H2,1-7H3;8,10-13H,9H2,1-7H3;;;/b10-8+;2*10-8+,14-12+;;;/t12-,13?,15?;13-,15+;13-;;;/m011.../s1. The Bertz CT molecular complexity index is 1510. The van der Waals surface area contributed by atoms with E-state index in [0.717, 1.165) is 30.0 Å². The molecular formula is C51H88MnO9. The van der Waals surface area contributed by atoms with E-state index in [1.165, 1.54) is 0 Å². The van der Waals surface area contributed by atoms with E-state index < -0.39 is 32.9 Å². The molecule has 2 unspecified atom stereocenters. The van der Waals surface area contributed by atoms with E-state index in [1.54, 1.807) is 19.1 Å². The quantitative estimate of drug-likeness (QED) is 0.0665. The molecule has 0 fully saturated rings. The van der Waals surface area contributed by atoms with Gasteiger partial charge in [-0.3, -0.25) is 9.59 Å². The van der Waals surface area contributed by atoms with Crippen LogP contribution in [0.4, 0.5) is 0 Å². The van der Waals surface area contributed by atoms with Crippen molar-refractivity contribution in [2.24, 2.45) is 56.2 Å². The Hall–Kier alpha value is -2.91. The van der Waals surface area contributed by atoms with Gasteiger partial charge in [0.1, 0.15) is 18.9 Å². The molecule has 0 aromatic heterocycles. The number of aldehydes is 3. The predicted octanol–water partition coefficient (Wildman–Crippen LogP) is 11.7. The Balaban J connectivity index is -0.000000386. The van der Waals surface area contributed by atoms with Gasteiger partial charge in [0.15, 0.2) is 11.6 Å². The van der Waals surface area contributed by atoms with Crippen LogP contribution in [-0.2, 0) is 46.5 Å². The van der Waals surface area contributed by atoms with E-state index in [-0.39, 0.29) is 68.2 Å². The summed E-state index contributed by atoms with van der Waals surface area (Å²) in [5.41, 5.74) is 1.78. The number of hydrogen-bond donors (Lipinski definition) is 2. The molecule has 353 valence electrons. The fourth-order valence-corrected chi connectivity index (χ4v) is 5.38. The van der Waals surface area contributed by atoms with Crippen molar-refractivity contribution in [3.05, 3.63) is 59.8 Å². The molecule has 6 atom stereocenters. The van der Waals surface area contributed by atoms with Crippen molar-refractivity contribution >= 4 is 30.4 Å². The number of hydrogen-bond acceptors (Lipinski definition) is 9. The van der Waals surface area contributed by atoms with Gasteiger partial charge in [-0.2, -0.15) is 0 Å². The summed E-state index contributed by atoms with van der Waals surface area (Å²) in [4.78, 5) is 56.5. The van der Waals surface area contributed by atoms with Crippen LogP contribution in [0, 0.1) is 56.2 Å². The van der Waals surface area contributed by atoms with E-state index in [2.05, 4.69) is 83.1 Å². The third-order valence-corrected chi connectivity index (χ3v) is 9.56.